The van der Waals surface area contributed by atoms with Crippen molar-refractivity contribution in [3.8, 4) is 0 Å². The number of aliphatic hydroxyl groups is 2. The van der Waals surface area contributed by atoms with Gasteiger partial charge in [0.1, 0.15) is 5.78 Å². The Hall–Kier alpha value is -1.24. The van der Waals surface area contributed by atoms with Crippen LogP contribution in [0, 0.1) is 17.8 Å². The molecule has 6 heteroatoms. The summed E-state index contributed by atoms with van der Waals surface area (Å²) in [7, 11) is 1.51. The Labute approximate surface area is 175 Å². The SMILES string of the molecule is CCCCC(C)CC(O)C=CC1C(O)CC(=O)C1CCCCC(CC(=O)O)OC. The molecule has 29 heavy (non-hydrogen) atoms. The molecule has 6 unspecified atom stereocenters. The highest BCUT2D eigenvalue weighted by Crippen LogP contribution is 2.34. The van der Waals surface area contributed by atoms with E-state index in [0.29, 0.717) is 25.2 Å². The first-order valence-corrected chi connectivity index (χ1v) is 11.1. The summed E-state index contributed by atoms with van der Waals surface area (Å²) in [5, 5.41) is 29.4. The standard InChI is InChI=1S/C23H40O6/c1-4-5-8-16(2)13-17(24)11-12-20-19(21(25)15-22(20)26)10-7-6-9-18(29-3)14-23(27)28/h11-12,16-20,22,24,26H,4-10,13-15H2,1-3H3,(H,27,28). The lowest BCUT2D eigenvalue weighted by atomic mass is 9.88. The minimum atomic E-state index is -0.876. The van der Waals surface area contributed by atoms with Crippen LogP contribution in [0.3, 0.4) is 0 Å². The van der Waals surface area contributed by atoms with Gasteiger partial charge in [-0.05, 0) is 25.2 Å². The number of methoxy groups -OCH3 is 1. The van der Waals surface area contributed by atoms with E-state index >= 15 is 0 Å². The molecule has 168 valence electrons. The summed E-state index contributed by atoms with van der Waals surface area (Å²) < 4.78 is 5.19. The van der Waals surface area contributed by atoms with Crippen molar-refractivity contribution in [3.63, 3.8) is 0 Å². The number of ether oxygens (including phenoxy) is 1. The lowest BCUT2D eigenvalue weighted by Gasteiger charge is -2.19. The first kappa shape index (κ1) is 25.8. The third-order valence-corrected chi connectivity index (χ3v) is 6.01. The topological polar surface area (TPSA) is 104 Å². The summed E-state index contributed by atoms with van der Waals surface area (Å²) in [6, 6.07) is 0. The van der Waals surface area contributed by atoms with Gasteiger partial charge in [-0.15, -0.1) is 0 Å². The van der Waals surface area contributed by atoms with Gasteiger partial charge in [-0.2, -0.15) is 0 Å². The number of aliphatic hydroxyl groups excluding tert-OH is 2. The predicted octanol–water partition coefficient (Wildman–Crippen LogP) is 3.74. The number of rotatable bonds is 15. The van der Waals surface area contributed by atoms with Gasteiger partial charge in [-0.25, -0.2) is 0 Å². The summed E-state index contributed by atoms with van der Waals surface area (Å²) in [5.74, 6) is -0.836. The number of unbranched alkanes of at least 4 members (excludes halogenated alkanes) is 2. The Morgan fingerprint density at radius 1 is 1.28 bits per heavy atom. The van der Waals surface area contributed by atoms with Crippen molar-refractivity contribution in [2.75, 3.05) is 7.11 Å². The Morgan fingerprint density at radius 3 is 2.62 bits per heavy atom. The van der Waals surface area contributed by atoms with E-state index < -0.39 is 18.2 Å². The molecule has 1 saturated carbocycles. The van der Waals surface area contributed by atoms with Crippen molar-refractivity contribution in [2.24, 2.45) is 17.8 Å². The van der Waals surface area contributed by atoms with Crippen LogP contribution < -0.4 is 0 Å². The molecule has 3 N–H and O–H groups in total. The van der Waals surface area contributed by atoms with Crippen LogP contribution in [0.2, 0.25) is 0 Å². The van der Waals surface area contributed by atoms with E-state index in [9.17, 15) is 19.8 Å². The third kappa shape index (κ3) is 9.87. The van der Waals surface area contributed by atoms with Crippen LogP contribution in [0.4, 0.5) is 0 Å². The highest BCUT2D eigenvalue weighted by atomic mass is 16.5. The molecular formula is C23H40O6. The van der Waals surface area contributed by atoms with Crippen molar-refractivity contribution in [1.82, 2.24) is 0 Å². The fraction of sp³-hybridized carbons (Fsp3) is 0.826. The van der Waals surface area contributed by atoms with Crippen molar-refractivity contribution < 1.29 is 29.6 Å². The van der Waals surface area contributed by atoms with Crippen molar-refractivity contribution >= 4 is 11.8 Å². The van der Waals surface area contributed by atoms with E-state index in [0.717, 1.165) is 32.1 Å². The van der Waals surface area contributed by atoms with E-state index in [4.69, 9.17) is 9.84 Å². The smallest absolute Gasteiger partial charge is 0.305 e. The predicted molar refractivity (Wildman–Crippen MR) is 113 cm³/mol. The number of aliphatic carboxylic acids is 1. The molecule has 0 aromatic carbocycles. The molecule has 1 rings (SSSR count). The second kappa shape index (κ2) is 13.9. The Morgan fingerprint density at radius 2 is 2.00 bits per heavy atom. The van der Waals surface area contributed by atoms with Gasteiger partial charge in [0.25, 0.3) is 0 Å². The average Bonchev–Trinajstić information content (AvgIpc) is 2.93. The summed E-state index contributed by atoms with van der Waals surface area (Å²) in [5.41, 5.74) is 0. The molecule has 1 fully saturated rings. The maximum atomic E-state index is 12.3. The van der Waals surface area contributed by atoms with Crippen LogP contribution in [0.5, 0.6) is 0 Å². The third-order valence-electron chi connectivity index (χ3n) is 6.01. The van der Waals surface area contributed by atoms with E-state index in [2.05, 4.69) is 13.8 Å². The van der Waals surface area contributed by atoms with Crippen LogP contribution in [-0.4, -0.2) is 52.5 Å². The lowest BCUT2D eigenvalue weighted by molar-refractivity contribution is -0.139. The zero-order chi connectivity index (χ0) is 21.8. The second-order valence-corrected chi connectivity index (χ2v) is 8.60. The normalized spacial score (nSPS) is 25.4. The van der Waals surface area contributed by atoms with E-state index in [1.54, 1.807) is 6.08 Å². The molecule has 0 saturated heterocycles. The van der Waals surface area contributed by atoms with Gasteiger partial charge in [-0.3, -0.25) is 9.59 Å². The molecule has 0 amide bonds. The number of carbonyl (C=O) groups is 2. The lowest BCUT2D eigenvalue weighted by Crippen LogP contribution is -2.20. The Kier molecular flexibility index (Phi) is 12.4. The van der Waals surface area contributed by atoms with E-state index in [1.165, 1.54) is 7.11 Å². The second-order valence-electron chi connectivity index (χ2n) is 8.60. The molecule has 0 spiro atoms. The zero-order valence-electron chi connectivity index (χ0n) is 18.3. The number of carboxylic acid groups (broad SMARTS) is 1. The molecule has 1 aliphatic carbocycles. The van der Waals surface area contributed by atoms with Gasteiger partial charge in [0, 0.05) is 25.4 Å². The maximum Gasteiger partial charge on any atom is 0.305 e. The minimum absolute atomic E-state index is 0.0164. The Bertz CT molecular complexity index is 517. The van der Waals surface area contributed by atoms with Crippen LogP contribution in [-0.2, 0) is 14.3 Å². The highest BCUT2D eigenvalue weighted by molar-refractivity contribution is 5.84. The van der Waals surface area contributed by atoms with Crippen molar-refractivity contribution in [3.05, 3.63) is 12.2 Å². The monoisotopic (exact) mass is 412 g/mol. The van der Waals surface area contributed by atoms with Gasteiger partial charge in [0.2, 0.25) is 0 Å². The van der Waals surface area contributed by atoms with E-state index in [1.807, 2.05) is 6.08 Å². The first-order chi connectivity index (χ1) is 13.8. The Balaban J connectivity index is 2.50. The van der Waals surface area contributed by atoms with Crippen LogP contribution in [0.15, 0.2) is 12.2 Å². The van der Waals surface area contributed by atoms with Crippen LogP contribution >= 0.6 is 0 Å². The number of Topliss-reactive ketones (excluding diaryl/α,β-unsaturated/α-hetero) is 1. The average molecular weight is 413 g/mol. The summed E-state index contributed by atoms with van der Waals surface area (Å²) in [4.78, 5) is 23.1. The number of hydrogen-bond acceptors (Lipinski definition) is 5. The molecule has 0 bridgehead atoms. The quantitative estimate of drug-likeness (QED) is 0.280. The fourth-order valence-corrected chi connectivity index (χ4v) is 4.24. The van der Waals surface area contributed by atoms with Gasteiger partial charge >= 0.3 is 5.97 Å². The van der Waals surface area contributed by atoms with Crippen molar-refractivity contribution in [1.29, 1.82) is 0 Å². The minimum Gasteiger partial charge on any atom is -0.481 e. The van der Waals surface area contributed by atoms with Gasteiger partial charge in [-0.1, -0.05) is 58.1 Å². The van der Waals surface area contributed by atoms with Gasteiger partial charge < -0.3 is 20.1 Å². The van der Waals surface area contributed by atoms with Crippen LogP contribution in [0.25, 0.3) is 0 Å². The van der Waals surface area contributed by atoms with Gasteiger partial charge in [0.05, 0.1) is 24.7 Å². The molecule has 0 radical (unpaired) electrons. The number of carbonyl (C=O) groups excluding carboxylic acids is 1. The molecule has 6 nitrogen and oxygen atoms in total. The van der Waals surface area contributed by atoms with E-state index in [-0.39, 0.29) is 36.6 Å². The zero-order valence-corrected chi connectivity index (χ0v) is 18.3. The largest absolute Gasteiger partial charge is 0.481 e. The van der Waals surface area contributed by atoms with Gasteiger partial charge in [0.15, 0.2) is 0 Å². The molecule has 0 aliphatic heterocycles. The fourth-order valence-electron chi connectivity index (χ4n) is 4.24. The number of carboxylic acids is 1. The van der Waals surface area contributed by atoms with Crippen molar-refractivity contribution in [2.45, 2.75) is 96.4 Å². The first-order valence-electron chi connectivity index (χ1n) is 11.1. The molecule has 0 aromatic rings. The molecule has 0 aromatic heterocycles. The summed E-state index contributed by atoms with van der Waals surface area (Å²) in [6.45, 7) is 4.30. The van der Waals surface area contributed by atoms with Crippen LogP contribution in [0.1, 0.15) is 78.1 Å². The number of ketones is 1. The molecule has 1 aliphatic rings. The number of hydrogen-bond donors (Lipinski definition) is 3. The molecular weight excluding hydrogens is 372 g/mol. The molecule has 0 heterocycles. The summed E-state index contributed by atoms with van der Waals surface area (Å²) >= 11 is 0. The highest BCUT2D eigenvalue weighted by Gasteiger charge is 2.39. The molecule has 6 atom stereocenters. The summed E-state index contributed by atoms with van der Waals surface area (Å²) in [6.07, 6.45) is 9.14. The maximum absolute atomic E-state index is 12.3.